The van der Waals surface area contributed by atoms with E-state index in [0.717, 1.165) is 11.1 Å². The van der Waals surface area contributed by atoms with Gasteiger partial charge in [0.25, 0.3) is 15.9 Å². The Labute approximate surface area is 170 Å². The van der Waals surface area contributed by atoms with Crippen LogP contribution < -0.4 is 14.8 Å². The van der Waals surface area contributed by atoms with Crippen molar-refractivity contribution < 1.29 is 17.9 Å². The fourth-order valence-corrected chi connectivity index (χ4v) is 3.89. The van der Waals surface area contributed by atoms with Crippen LogP contribution in [-0.4, -0.2) is 21.4 Å². The van der Waals surface area contributed by atoms with Crippen molar-refractivity contribution in [1.82, 2.24) is 5.32 Å². The number of benzene rings is 3. The number of nitrogens with one attached hydrogen (secondary N) is 2. The molecule has 3 aromatic carbocycles. The maximum atomic E-state index is 12.7. The third kappa shape index (κ3) is 4.94. The predicted molar refractivity (Wildman–Crippen MR) is 113 cm³/mol. The molecule has 0 aliphatic heterocycles. The van der Waals surface area contributed by atoms with Crippen molar-refractivity contribution in [3.8, 4) is 5.75 Å². The smallest absolute Gasteiger partial charge is 0.261 e. The largest absolute Gasteiger partial charge is 0.496 e. The number of carbonyl (C=O) groups is 1. The van der Waals surface area contributed by atoms with Crippen LogP contribution in [0.3, 0.4) is 0 Å². The lowest BCUT2D eigenvalue weighted by molar-refractivity contribution is 0.0951. The van der Waals surface area contributed by atoms with Crippen LogP contribution in [0.2, 0.25) is 0 Å². The van der Waals surface area contributed by atoms with Gasteiger partial charge in [0.05, 0.1) is 23.3 Å². The highest BCUT2D eigenvalue weighted by atomic mass is 32.2. The number of para-hydroxylation sites is 2. The van der Waals surface area contributed by atoms with Gasteiger partial charge in [-0.3, -0.25) is 9.52 Å². The molecule has 0 spiro atoms. The first-order valence-corrected chi connectivity index (χ1v) is 10.5. The van der Waals surface area contributed by atoms with Crippen LogP contribution >= 0.6 is 0 Å². The SMILES string of the molecule is COc1ccccc1CNC(=O)c1ccccc1NS(=O)(=O)c1ccc(C)cc1. The zero-order chi connectivity index (χ0) is 20.9. The predicted octanol–water partition coefficient (Wildman–Crippen LogP) is 3.73. The molecule has 0 aliphatic carbocycles. The fraction of sp³-hybridized carbons (Fsp3) is 0.136. The number of amides is 1. The Bertz CT molecular complexity index is 1110. The van der Waals surface area contributed by atoms with E-state index in [-0.39, 0.29) is 22.7 Å². The Hall–Kier alpha value is -3.32. The van der Waals surface area contributed by atoms with Gasteiger partial charge >= 0.3 is 0 Å². The molecule has 0 aliphatic rings. The quantitative estimate of drug-likeness (QED) is 0.622. The summed E-state index contributed by atoms with van der Waals surface area (Å²) in [6.45, 7) is 2.13. The Morgan fingerprint density at radius 2 is 1.59 bits per heavy atom. The first-order valence-electron chi connectivity index (χ1n) is 8.99. The number of ether oxygens (including phenoxy) is 1. The highest BCUT2D eigenvalue weighted by molar-refractivity contribution is 7.92. The molecule has 0 bridgehead atoms. The van der Waals surface area contributed by atoms with Crippen LogP contribution in [0.25, 0.3) is 0 Å². The molecule has 3 aromatic rings. The second kappa shape index (κ2) is 8.79. The number of anilines is 1. The van der Waals surface area contributed by atoms with Crippen LogP contribution in [0.4, 0.5) is 5.69 Å². The summed E-state index contributed by atoms with van der Waals surface area (Å²) in [7, 11) is -2.25. The average molecular weight is 410 g/mol. The molecule has 0 radical (unpaired) electrons. The van der Waals surface area contributed by atoms with Gasteiger partial charge < -0.3 is 10.1 Å². The minimum absolute atomic E-state index is 0.132. The lowest BCUT2D eigenvalue weighted by Crippen LogP contribution is -2.25. The number of methoxy groups -OCH3 is 1. The number of hydrogen-bond donors (Lipinski definition) is 2. The minimum atomic E-state index is -3.81. The van der Waals surface area contributed by atoms with E-state index in [4.69, 9.17) is 4.74 Å². The van der Waals surface area contributed by atoms with E-state index < -0.39 is 15.9 Å². The van der Waals surface area contributed by atoms with E-state index in [9.17, 15) is 13.2 Å². The molecular formula is C22H22N2O4S. The van der Waals surface area contributed by atoms with Gasteiger partial charge in [-0.2, -0.15) is 0 Å². The monoisotopic (exact) mass is 410 g/mol. The summed E-state index contributed by atoms with van der Waals surface area (Å²) < 4.78 is 33.2. The molecule has 0 atom stereocenters. The van der Waals surface area contributed by atoms with E-state index in [1.54, 1.807) is 43.5 Å². The van der Waals surface area contributed by atoms with Gasteiger partial charge in [0.1, 0.15) is 5.75 Å². The van der Waals surface area contributed by atoms with E-state index >= 15 is 0 Å². The maximum Gasteiger partial charge on any atom is 0.261 e. The van der Waals surface area contributed by atoms with E-state index in [2.05, 4.69) is 10.0 Å². The fourth-order valence-electron chi connectivity index (χ4n) is 2.81. The first-order chi connectivity index (χ1) is 13.9. The molecule has 0 unspecified atom stereocenters. The molecule has 0 fully saturated rings. The molecule has 6 nitrogen and oxygen atoms in total. The van der Waals surface area contributed by atoms with E-state index in [1.165, 1.54) is 12.1 Å². The summed E-state index contributed by atoms with van der Waals surface area (Å²) in [6.07, 6.45) is 0. The van der Waals surface area contributed by atoms with Gasteiger partial charge in [-0.15, -0.1) is 0 Å². The molecular weight excluding hydrogens is 388 g/mol. The molecule has 1 amide bonds. The van der Waals surface area contributed by atoms with Crippen molar-refractivity contribution in [2.45, 2.75) is 18.4 Å². The van der Waals surface area contributed by atoms with Crippen molar-refractivity contribution in [3.63, 3.8) is 0 Å². The van der Waals surface area contributed by atoms with E-state index in [1.807, 2.05) is 31.2 Å². The first kappa shape index (κ1) is 20.4. The zero-order valence-corrected chi connectivity index (χ0v) is 17.0. The van der Waals surface area contributed by atoms with Gasteiger partial charge in [-0.1, -0.05) is 48.0 Å². The summed E-state index contributed by atoms with van der Waals surface area (Å²) in [5, 5.41) is 2.81. The standard InChI is InChI=1S/C22H22N2O4S/c1-16-11-13-18(14-12-16)29(26,27)24-20-9-5-4-8-19(20)22(25)23-15-17-7-3-6-10-21(17)28-2/h3-14,24H,15H2,1-2H3,(H,23,25). The van der Waals surface area contributed by atoms with Crippen molar-refractivity contribution >= 4 is 21.6 Å². The van der Waals surface area contributed by atoms with E-state index in [0.29, 0.717) is 5.75 Å². The number of hydrogen-bond acceptors (Lipinski definition) is 4. The molecule has 2 N–H and O–H groups in total. The van der Waals surface area contributed by atoms with Crippen molar-refractivity contribution in [1.29, 1.82) is 0 Å². The van der Waals surface area contributed by atoms with Gasteiger partial charge in [0.2, 0.25) is 0 Å². The van der Waals surface area contributed by atoms with Crippen molar-refractivity contribution in [2.24, 2.45) is 0 Å². The molecule has 0 heterocycles. The zero-order valence-electron chi connectivity index (χ0n) is 16.2. The highest BCUT2D eigenvalue weighted by Crippen LogP contribution is 2.21. The van der Waals surface area contributed by atoms with Gasteiger partial charge in [-0.05, 0) is 37.3 Å². The van der Waals surface area contributed by atoms with Crippen LogP contribution in [0.1, 0.15) is 21.5 Å². The van der Waals surface area contributed by atoms with Crippen LogP contribution in [0.15, 0.2) is 77.7 Å². The number of carbonyl (C=O) groups excluding carboxylic acids is 1. The summed E-state index contributed by atoms with van der Waals surface area (Å²) in [5.41, 5.74) is 2.23. The van der Waals surface area contributed by atoms with Crippen LogP contribution in [0.5, 0.6) is 5.75 Å². The van der Waals surface area contributed by atoms with Crippen molar-refractivity contribution in [3.05, 3.63) is 89.5 Å². The van der Waals surface area contributed by atoms with Gasteiger partial charge in [-0.25, -0.2) is 8.42 Å². The second-order valence-corrected chi connectivity index (χ2v) is 8.14. The lowest BCUT2D eigenvalue weighted by Gasteiger charge is -2.14. The third-order valence-electron chi connectivity index (χ3n) is 4.38. The highest BCUT2D eigenvalue weighted by Gasteiger charge is 2.18. The number of rotatable bonds is 7. The van der Waals surface area contributed by atoms with Gasteiger partial charge in [0, 0.05) is 12.1 Å². The second-order valence-electron chi connectivity index (χ2n) is 6.46. The van der Waals surface area contributed by atoms with Gasteiger partial charge in [0.15, 0.2) is 0 Å². The Morgan fingerprint density at radius 1 is 0.931 bits per heavy atom. The van der Waals surface area contributed by atoms with Crippen molar-refractivity contribution in [2.75, 3.05) is 11.8 Å². The lowest BCUT2D eigenvalue weighted by atomic mass is 10.1. The average Bonchev–Trinajstić information content (AvgIpc) is 2.72. The molecule has 0 saturated heterocycles. The third-order valence-corrected chi connectivity index (χ3v) is 5.76. The maximum absolute atomic E-state index is 12.7. The summed E-state index contributed by atoms with van der Waals surface area (Å²) in [5.74, 6) is 0.277. The van der Waals surface area contributed by atoms with Crippen LogP contribution in [-0.2, 0) is 16.6 Å². The minimum Gasteiger partial charge on any atom is -0.496 e. The molecule has 0 saturated carbocycles. The number of aryl methyl sites for hydroxylation is 1. The summed E-state index contributed by atoms with van der Waals surface area (Å²) in [4.78, 5) is 12.9. The van der Waals surface area contributed by atoms with Crippen LogP contribution in [0, 0.1) is 6.92 Å². The molecule has 29 heavy (non-hydrogen) atoms. The topological polar surface area (TPSA) is 84.5 Å². The number of sulfonamides is 1. The Morgan fingerprint density at radius 3 is 2.31 bits per heavy atom. The Kier molecular flexibility index (Phi) is 6.19. The normalized spacial score (nSPS) is 11.0. The Balaban J connectivity index is 1.79. The summed E-state index contributed by atoms with van der Waals surface area (Å²) >= 11 is 0. The summed E-state index contributed by atoms with van der Waals surface area (Å²) in [6, 6.07) is 20.4. The molecule has 7 heteroatoms. The molecule has 3 rings (SSSR count). The molecule has 0 aromatic heterocycles. The molecule has 150 valence electrons.